The van der Waals surface area contributed by atoms with Crippen LogP contribution in [0.5, 0.6) is 0 Å². The van der Waals surface area contributed by atoms with Crippen molar-refractivity contribution in [2.75, 3.05) is 23.4 Å². The number of anilines is 1. The molecule has 0 radical (unpaired) electrons. The predicted molar refractivity (Wildman–Crippen MR) is 65.6 cm³/mol. The van der Waals surface area contributed by atoms with E-state index in [9.17, 15) is 4.39 Å². The Morgan fingerprint density at radius 3 is 3.00 bits per heavy atom. The molecule has 4 heteroatoms. The van der Waals surface area contributed by atoms with Crippen molar-refractivity contribution >= 4 is 33.4 Å². The quantitative estimate of drug-likeness (QED) is 0.823. The van der Waals surface area contributed by atoms with Gasteiger partial charge in [-0.1, -0.05) is 22.9 Å². The molecule has 1 aromatic carbocycles. The number of nitrogens with one attached hydrogen (secondary N) is 1. The lowest BCUT2D eigenvalue weighted by molar-refractivity contribution is 0.630. The van der Waals surface area contributed by atoms with Gasteiger partial charge in [0.1, 0.15) is 5.82 Å². The molecule has 0 fully saturated rings. The van der Waals surface area contributed by atoms with Gasteiger partial charge in [-0.05, 0) is 24.0 Å². The molecule has 78 valence electrons. The Labute approximate surface area is 96.6 Å². The summed E-state index contributed by atoms with van der Waals surface area (Å²) in [6, 6.07) is 4.91. The summed E-state index contributed by atoms with van der Waals surface area (Å²) in [7, 11) is 0. The van der Waals surface area contributed by atoms with Gasteiger partial charge in [0.05, 0.1) is 5.69 Å². The van der Waals surface area contributed by atoms with Gasteiger partial charge in [-0.15, -0.1) is 0 Å². The summed E-state index contributed by atoms with van der Waals surface area (Å²) in [6.07, 6.45) is 0. The molecule has 0 atom stereocenters. The number of benzene rings is 1. The summed E-state index contributed by atoms with van der Waals surface area (Å²) in [4.78, 5) is 0. The molecule has 0 saturated carbocycles. The second kappa shape index (κ2) is 6.30. The maximum Gasteiger partial charge on any atom is 0.146 e. The summed E-state index contributed by atoms with van der Waals surface area (Å²) >= 11 is 5.15. The highest BCUT2D eigenvalue weighted by Gasteiger charge is 2.00. The molecule has 0 aliphatic heterocycles. The first-order chi connectivity index (χ1) is 6.74. The van der Waals surface area contributed by atoms with Gasteiger partial charge in [-0.2, -0.15) is 11.8 Å². The Bertz CT molecular complexity index is 293. The molecule has 1 rings (SSSR count). The van der Waals surface area contributed by atoms with E-state index < -0.39 is 0 Å². The summed E-state index contributed by atoms with van der Waals surface area (Å²) in [6.45, 7) is 2.91. The number of rotatable bonds is 5. The smallest absolute Gasteiger partial charge is 0.146 e. The largest absolute Gasteiger partial charge is 0.382 e. The molecule has 0 unspecified atom stereocenters. The fourth-order valence-corrected chi connectivity index (χ4v) is 1.93. The third-order valence-corrected chi connectivity index (χ3v) is 3.09. The van der Waals surface area contributed by atoms with Crippen LogP contribution in [0.1, 0.15) is 6.92 Å². The first kappa shape index (κ1) is 11.9. The van der Waals surface area contributed by atoms with Gasteiger partial charge in [-0.25, -0.2) is 4.39 Å². The third-order valence-electron chi connectivity index (χ3n) is 1.69. The third kappa shape index (κ3) is 3.88. The minimum Gasteiger partial charge on any atom is -0.382 e. The maximum absolute atomic E-state index is 13.2. The molecule has 0 aromatic heterocycles. The lowest BCUT2D eigenvalue weighted by Crippen LogP contribution is -2.05. The number of halogens is 2. The summed E-state index contributed by atoms with van der Waals surface area (Å²) in [5.74, 6) is 1.90. The van der Waals surface area contributed by atoms with Gasteiger partial charge in [0, 0.05) is 16.8 Å². The minimum atomic E-state index is -0.199. The monoisotopic (exact) mass is 277 g/mol. The van der Waals surface area contributed by atoms with Gasteiger partial charge in [-0.3, -0.25) is 0 Å². The Hall–Kier alpha value is -0.220. The van der Waals surface area contributed by atoms with Crippen molar-refractivity contribution in [3.8, 4) is 0 Å². The maximum atomic E-state index is 13.2. The first-order valence-corrected chi connectivity index (χ1v) is 6.45. The second-order valence-electron chi connectivity index (χ2n) is 2.75. The van der Waals surface area contributed by atoms with Crippen molar-refractivity contribution in [1.82, 2.24) is 0 Å². The van der Waals surface area contributed by atoms with Crippen molar-refractivity contribution in [2.24, 2.45) is 0 Å². The standard InChI is InChI=1S/C10H13BrFNS/c1-2-14-6-5-13-10-7-8(11)3-4-9(10)12/h3-4,7,13H,2,5-6H2,1H3. The highest BCUT2D eigenvalue weighted by atomic mass is 79.9. The molecule has 1 nitrogen and oxygen atoms in total. The van der Waals surface area contributed by atoms with E-state index in [1.54, 1.807) is 12.1 Å². The van der Waals surface area contributed by atoms with Crippen LogP contribution in [-0.4, -0.2) is 18.1 Å². The van der Waals surface area contributed by atoms with E-state index in [1.165, 1.54) is 6.07 Å². The topological polar surface area (TPSA) is 12.0 Å². The van der Waals surface area contributed by atoms with E-state index in [4.69, 9.17) is 0 Å². The van der Waals surface area contributed by atoms with Gasteiger partial charge in [0.25, 0.3) is 0 Å². The Morgan fingerprint density at radius 1 is 1.50 bits per heavy atom. The van der Waals surface area contributed by atoms with Gasteiger partial charge < -0.3 is 5.32 Å². The highest BCUT2D eigenvalue weighted by molar-refractivity contribution is 9.10. The number of thioether (sulfide) groups is 1. The minimum absolute atomic E-state index is 0.199. The van der Waals surface area contributed by atoms with Gasteiger partial charge in [0.15, 0.2) is 0 Å². The molecular formula is C10H13BrFNS. The number of hydrogen-bond acceptors (Lipinski definition) is 2. The molecule has 0 bridgehead atoms. The second-order valence-corrected chi connectivity index (χ2v) is 5.06. The molecule has 14 heavy (non-hydrogen) atoms. The van der Waals surface area contributed by atoms with E-state index in [2.05, 4.69) is 28.2 Å². The molecule has 0 saturated heterocycles. The lowest BCUT2D eigenvalue weighted by atomic mass is 10.3. The summed E-state index contributed by atoms with van der Waals surface area (Å²) in [5, 5.41) is 3.06. The van der Waals surface area contributed by atoms with Crippen LogP contribution in [0.3, 0.4) is 0 Å². The fraction of sp³-hybridized carbons (Fsp3) is 0.400. The van der Waals surface area contributed by atoms with Crippen LogP contribution < -0.4 is 5.32 Å². The van der Waals surface area contributed by atoms with Gasteiger partial charge in [0.2, 0.25) is 0 Å². The van der Waals surface area contributed by atoms with Crippen LogP contribution in [0.4, 0.5) is 10.1 Å². The SMILES string of the molecule is CCSCCNc1cc(Br)ccc1F. The Kier molecular flexibility index (Phi) is 5.33. The van der Waals surface area contributed by atoms with Crippen molar-refractivity contribution in [3.05, 3.63) is 28.5 Å². The molecular weight excluding hydrogens is 265 g/mol. The van der Waals surface area contributed by atoms with E-state index in [0.29, 0.717) is 5.69 Å². The fourth-order valence-electron chi connectivity index (χ4n) is 1.04. The van der Waals surface area contributed by atoms with Crippen LogP contribution in [0.2, 0.25) is 0 Å². The highest BCUT2D eigenvalue weighted by Crippen LogP contribution is 2.19. The van der Waals surface area contributed by atoms with Crippen molar-refractivity contribution in [2.45, 2.75) is 6.92 Å². The average Bonchev–Trinajstić information content (AvgIpc) is 2.18. The van der Waals surface area contributed by atoms with Crippen LogP contribution in [0.25, 0.3) is 0 Å². The van der Waals surface area contributed by atoms with Crippen molar-refractivity contribution in [3.63, 3.8) is 0 Å². The van der Waals surface area contributed by atoms with Crippen LogP contribution in [0.15, 0.2) is 22.7 Å². The molecule has 0 amide bonds. The molecule has 1 aromatic rings. The van der Waals surface area contributed by atoms with Crippen LogP contribution in [0, 0.1) is 5.82 Å². The first-order valence-electron chi connectivity index (χ1n) is 4.50. The van der Waals surface area contributed by atoms with Gasteiger partial charge >= 0.3 is 0 Å². The van der Waals surface area contributed by atoms with E-state index in [-0.39, 0.29) is 5.82 Å². The zero-order chi connectivity index (χ0) is 10.4. The molecule has 0 heterocycles. The lowest BCUT2D eigenvalue weighted by Gasteiger charge is -2.07. The van der Waals surface area contributed by atoms with E-state index in [1.807, 2.05) is 11.8 Å². The Morgan fingerprint density at radius 2 is 2.29 bits per heavy atom. The molecule has 0 spiro atoms. The van der Waals surface area contributed by atoms with Crippen molar-refractivity contribution < 1.29 is 4.39 Å². The van der Waals surface area contributed by atoms with Crippen LogP contribution in [-0.2, 0) is 0 Å². The molecule has 0 aliphatic carbocycles. The molecule has 1 N–H and O–H groups in total. The zero-order valence-electron chi connectivity index (χ0n) is 8.02. The van der Waals surface area contributed by atoms with E-state index >= 15 is 0 Å². The normalized spacial score (nSPS) is 10.2. The summed E-state index contributed by atoms with van der Waals surface area (Å²) < 4.78 is 14.1. The predicted octanol–water partition coefficient (Wildman–Crippen LogP) is 3.75. The summed E-state index contributed by atoms with van der Waals surface area (Å²) in [5.41, 5.74) is 0.566. The van der Waals surface area contributed by atoms with E-state index in [0.717, 1.165) is 22.5 Å². The molecule has 0 aliphatic rings. The number of hydrogen-bond donors (Lipinski definition) is 1. The Balaban J connectivity index is 2.45. The van der Waals surface area contributed by atoms with Crippen LogP contribution >= 0.6 is 27.7 Å². The zero-order valence-corrected chi connectivity index (χ0v) is 10.4. The van der Waals surface area contributed by atoms with Crippen molar-refractivity contribution in [1.29, 1.82) is 0 Å². The average molecular weight is 278 g/mol.